The average Bonchev–Trinajstić information content (AvgIpc) is 3.60. The zero-order valence-electron chi connectivity index (χ0n) is 29.3. The molecule has 0 unspecified atom stereocenters. The molecule has 0 saturated carbocycles. The number of fused-ring (bicyclic) bond motifs is 5. The molecule has 6 rings (SSSR count). The first-order valence-electron chi connectivity index (χ1n) is 18.2. The molecule has 0 atom stereocenters. The van der Waals surface area contributed by atoms with Crippen molar-refractivity contribution in [2.75, 3.05) is 0 Å². The van der Waals surface area contributed by atoms with Gasteiger partial charge in [0.15, 0.2) is 0 Å². The highest BCUT2D eigenvalue weighted by atomic mass is 15.0. The molecule has 0 radical (unpaired) electrons. The predicted molar refractivity (Wildman–Crippen MR) is 202 cm³/mol. The highest BCUT2D eigenvalue weighted by Crippen LogP contribution is 2.38. The number of aromatic nitrogens is 2. The Labute approximate surface area is 277 Å². The second-order valence-electron chi connectivity index (χ2n) is 13.8. The van der Waals surface area contributed by atoms with Gasteiger partial charge in [0.1, 0.15) is 0 Å². The van der Waals surface area contributed by atoms with Gasteiger partial charge in [-0.15, -0.1) is 0 Å². The Bertz CT molecular complexity index is 1770. The third-order valence-corrected chi connectivity index (χ3v) is 10.2. The minimum atomic E-state index is 1.16. The van der Waals surface area contributed by atoms with E-state index in [4.69, 9.17) is 0 Å². The van der Waals surface area contributed by atoms with Crippen LogP contribution < -0.4 is 0 Å². The van der Waals surface area contributed by atoms with Crippen LogP contribution in [0.4, 0.5) is 0 Å². The smallest absolute Gasteiger partial charge is 0.0563 e. The van der Waals surface area contributed by atoms with Crippen molar-refractivity contribution in [3.05, 3.63) is 95.1 Å². The molecule has 240 valence electrons. The largest absolute Gasteiger partial charge is 0.343 e. The molecule has 2 heterocycles. The van der Waals surface area contributed by atoms with Gasteiger partial charge in [-0.25, -0.2) is 0 Å². The topological polar surface area (TPSA) is 9.86 Å². The van der Waals surface area contributed by atoms with E-state index in [1.807, 2.05) is 0 Å². The molecule has 0 N–H and O–H groups in total. The number of nitrogens with zero attached hydrogens (tertiary/aromatic N) is 2. The molecule has 0 saturated heterocycles. The van der Waals surface area contributed by atoms with E-state index in [-0.39, 0.29) is 0 Å². The first-order chi connectivity index (χ1) is 22.4. The summed E-state index contributed by atoms with van der Waals surface area (Å²) in [4.78, 5) is 0. The summed E-state index contributed by atoms with van der Waals surface area (Å²) in [5.74, 6) is 0. The number of benzene rings is 4. The zero-order valence-corrected chi connectivity index (χ0v) is 29.3. The lowest BCUT2D eigenvalue weighted by Crippen LogP contribution is -1.97. The Balaban J connectivity index is 1.47. The van der Waals surface area contributed by atoms with E-state index in [0.717, 1.165) is 25.7 Å². The second-order valence-corrected chi connectivity index (χ2v) is 13.8. The van der Waals surface area contributed by atoms with Gasteiger partial charge in [0.05, 0.1) is 11.0 Å². The Kier molecular flexibility index (Phi) is 10.0. The van der Waals surface area contributed by atoms with Crippen molar-refractivity contribution in [2.24, 2.45) is 14.1 Å². The van der Waals surface area contributed by atoms with Gasteiger partial charge in [0, 0.05) is 47.0 Å². The second kappa shape index (κ2) is 14.3. The molecule has 2 aromatic heterocycles. The van der Waals surface area contributed by atoms with Crippen LogP contribution in [-0.2, 0) is 39.8 Å². The number of unbranched alkanes of at least 4 members (excludes halogenated alkanes) is 4. The Morgan fingerprint density at radius 1 is 0.413 bits per heavy atom. The van der Waals surface area contributed by atoms with Crippen molar-refractivity contribution in [1.29, 1.82) is 0 Å². The fourth-order valence-electron chi connectivity index (χ4n) is 7.59. The third kappa shape index (κ3) is 6.41. The van der Waals surface area contributed by atoms with Crippen molar-refractivity contribution >= 4 is 32.6 Å². The highest BCUT2D eigenvalue weighted by molar-refractivity contribution is 6.17. The van der Waals surface area contributed by atoms with E-state index in [2.05, 4.69) is 124 Å². The van der Waals surface area contributed by atoms with Crippen molar-refractivity contribution in [1.82, 2.24) is 9.13 Å². The number of hydrogen-bond acceptors (Lipinski definition) is 0. The molecule has 0 amide bonds. The lowest BCUT2D eigenvalue weighted by molar-refractivity contribution is 0.780. The number of hydrogen-bond donors (Lipinski definition) is 0. The van der Waals surface area contributed by atoms with Gasteiger partial charge < -0.3 is 9.13 Å². The maximum atomic E-state index is 2.46. The molecule has 6 aromatic rings. The van der Waals surface area contributed by atoms with E-state index in [1.54, 1.807) is 0 Å². The van der Waals surface area contributed by atoms with Crippen LogP contribution in [0.3, 0.4) is 0 Å². The summed E-state index contributed by atoms with van der Waals surface area (Å²) in [7, 11) is 4.53. The summed E-state index contributed by atoms with van der Waals surface area (Å²) in [5.41, 5.74) is 13.9. The van der Waals surface area contributed by atoms with Crippen LogP contribution in [0, 0.1) is 0 Å². The highest BCUT2D eigenvalue weighted by Gasteiger charge is 2.17. The normalized spacial score (nSPS) is 11.9. The van der Waals surface area contributed by atoms with E-state index < -0.39 is 0 Å². The van der Waals surface area contributed by atoms with Crippen molar-refractivity contribution in [3.8, 4) is 22.5 Å². The first kappa shape index (κ1) is 32.2. The number of rotatable bonds is 14. The SMILES string of the molecule is CCCCc1cc(CCCC)cc(-c2cc3ccc4c(ccc5cc(-c6cc(CCCC)cc(CCCC)c6)n(C)c54)c3n2C)c1. The van der Waals surface area contributed by atoms with Gasteiger partial charge in [-0.05, 0) is 121 Å². The molecule has 0 aliphatic rings. The van der Waals surface area contributed by atoms with Crippen LogP contribution in [0.5, 0.6) is 0 Å². The zero-order chi connectivity index (χ0) is 32.2. The summed E-state index contributed by atoms with van der Waals surface area (Å²) >= 11 is 0. The number of aryl methyl sites for hydroxylation is 6. The van der Waals surface area contributed by atoms with Crippen LogP contribution >= 0.6 is 0 Å². The standard InChI is InChI=1S/C44H54N2/c1-7-11-15-31-23-32(16-12-8-2)26-37(25-31)41-29-35-19-21-40-39(43(35)45(41)5)22-20-36-30-42(46(6)44(36)40)38-27-33(17-13-9-3)24-34(28-38)18-14-10-4/h19-30H,7-18H2,1-6H3. The Hall–Kier alpha value is -3.78. The quantitative estimate of drug-likeness (QED) is 0.116. The molecule has 0 spiro atoms. The van der Waals surface area contributed by atoms with Gasteiger partial charge in [-0.3, -0.25) is 0 Å². The summed E-state index contributed by atoms with van der Waals surface area (Å²) < 4.78 is 4.90. The molecule has 0 bridgehead atoms. The van der Waals surface area contributed by atoms with Gasteiger partial charge >= 0.3 is 0 Å². The fraction of sp³-hybridized carbons (Fsp3) is 0.409. The Morgan fingerprint density at radius 3 is 1.04 bits per heavy atom. The van der Waals surface area contributed by atoms with Crippen molar-refractivity contribution < 1.29 is 0 Å². The van der Waals surface area contributed by atoms with Crippen LogP contribution in [-0.4, -0.2) is 9.13 Å². The lowest BCUT2D eigenvalue weighted by Gasteiger charge is -2.13. The molecule has 0 aliphatic carbocycles. The minimum absolute atomic E-state index is 1.16. The van der Waals surface area contributed by atoms with E-state index in [9.17, 15) is 0 Å². The summed E-state index contributed by atoms with van der Waals surface area (Å²) in [5, 5.41) is 5.30. The molecule has 0 aliphatic heterocycles. The van der Waals surface area contributed by atoms with Crippen LogP contribution in [0.2, 0.25) is 0 Å². The fourth-order valence-corrected chi connectivity index (χ4v) is 7.59. The summed E-state index contributed by atoms with van der Waals surface area (Å²) in [6.07, 6.45) is 14.5. The molecule has 46 heavy (non-hydrogen) atoms. The van der Waals surface area contributed by atoms with E-state index in [1.165, 1.54) is 129 Å². The van der Waals surface area contributed by atoms with Gasteiger partial charge in [0.2, 0.25) is 0 Å². The minimum Gasteiger partial charge on any atom is -0.343 e. The van der Waals surface area contributed by atoms with Crippen LogP contribution in [0.1, 0.15) is 101 Å². The lowest BCUT2D eigenvalue weighted by atomic mass is 9.97. The van der Waals surface area contributed by atoms with Gasteiger partial charge in [-0.1, -0.05) is 89.8 Å². The summed E-state index contributed by atoms with van der Waals surface area (Å²) in [6.45, 7) is 9.16. The van der Waals surface area contributed by atoms with Crippen molar-refractivity contribution in [2.45, 2.75) is 105 Å². The first-order valence-corrected chi connectivity index (χ1v) is 18.2. The maximum absolute atomic E-state index is 2.46. The van der Waals surface area contributed by atoms with Gasteiger partial charge in [-0.2, -0.15) is 0 Å². The van der Waals surface area contributed by atoms with Crippen LogP contribution in [0.25, 0.3) is 55.1 Å². The average molecular weight is 611 g/mol. The predicted octanol–water partition coefficient (Wildman–Crippen LogP) is 12.5. The van der Waals surface area contributed by atoms with E-state index in [0.29, 0.717) is 0 Å². The van der Waals surface area contributed by atoms with Crippen molar-refractivity contribution in [3.63, 3.8) is 0 Å². The molecule has 2 heteroatoms. The molecule has 2 nitrogen and oxygen atoms in total. The Morgan fingerprint density at radius 2 is 0.739 bits per heavy atom. The molecular weight excluding hydrogens is 556 g/mol. The maximum Gasteiger partial charge on any atom is 0.0563 e. The van der Waals surface area contributed by atoms with Gasteiger partial charge in [0.25, 0.3) is 0 Å². The molecule has 4 aromatic carbocycles. The van der Waals surface area contributed by atoms with E-state index >= 15 is 0 Å². The summed E-state index contributed by atoms with van der Waals surface area (Å²) in [6, 6.07) is 29.0. The monoisotopic (exact) mass is 610 g/mol. The molecular formula is C44H54N2. The third-order valence-electron chi connectivity index (χ3n) is 10.2. The molecule has 0 fully saturated rings. The van der Waals surface area contributed by atoms with Crippen LogP contribution in [0.15, 0.2) is 72.8 Å².